The van der Waals surface area contributed by atoms with Crippen molar-refractivity contribution in [3.05, 3.63) is 0 Å². The molecule has 0 heterocycles. The van der Waals surface area contributed by atoms with E-state index in [9.17, 15) is 4.79 Å². The molecule has 1 unspecified atom stereocenters. The van der Waals surface area contributed by atoms with E-state index in [2.05, 4.69) is 0 Å². The number of aliphatic carboxylic acids is 1. The van der Waals surface area contributed by atoms with Crippen molar-refractivity contribution < 1.29 is 9.90 Å². The summed E-state index contributed by atoms with van der Waals surface area (Å²) in [6, 6.07) is 0. The molecule has 4 nitrogen and oxygen atoms in total. The first-order valence-electron chi connectivity index (χ1n) is 4.59. The molecule has 4 heteroatoms. The quantitative estimate of drug-likeness (QED) is 0.637. The maximum Gasteiger partial charge on any atom is 0.323 e. The fourth-order valence-electron chi connectivity index (χ4n) is 1.15. The van der Waals surface area contributed by atoms with Crippen molar-refractivity contribution in [3.63, 3.8) is 0 Å². The second kappa shape index (κ2) is 5.19. The van der Waals surface area contributed by atoms with Gasteiger partial charge in [-0.2, -0.15) is 0 Å². The van der Waals surface area contributed by atoms with E-state index in [0.717, 1.165) is 13.0 Å². The van der Waals surface area contributed by atoms with Crippen LogP contribution in [0.25, 0.3) is 0 Å². The average Bonchev–Trinajstić information content (AvgIpc) is 2.03. The largest absolute Gasteiger partial charge is 0.480 e. The zero-order valence-electron chi connectivity index (χ0n) is 8.71. The minimum atomic E-state index is -1.03. The fourth-order valence-corrected chi connectivity index (χ4v) is 1.15. The highest BCUT2D eigenvalue weighted by molar-refractivity contribution is 5.78. The third-order valence-electron chi connectivity index (χ3n) is 2.29. The van der Waals surface area contributed by atoms with Gasteiger partial charge in [-0.15, -0.1) is 0 Å². The van der Waals surface area contributed by atoms with Gasteiger partial charge >= 0.3 is 5.97 Å². The van der Waals surface area contributed by atoms with Gasteiger partial charge in [0.1, 0.15) is 5.54 Å². The Kier molecular flexibility index (Phi) is 4.95. The molecule has 0 aliphatic heterocycles. The molecule has 0 saturated heterocycles. The minimum Gasteiger partial charge on any atom is -0.480 e. The van der Waals surface area contributed by atoms with Crippen molar-refractivity contribution in [1.82, 2.24) is 4.90 Å². The van der Waals surface area contributed by atoms with Crippen LogP contribution in [0.1, 0.15) is 26.2 Å². The lowest BCUT2D eigenvalue weighted by Crippen LogP contribution is -2.47. The third-order valence-corrected chi connectivity index (χ3v) is 2.29. The third kappa shape index (κ3) is 4.24. The monoisotopic (exact) mass is 188 g/mol. The van der Waals surface area contributed by atoms with Crippen molar-refractivity contribution in [2.75, 3.05) is 20.6 Å². The molecule has 1 atom stereocenters. The number of carbonyl (C=O) groups is 1. The van der Waals surface area contributed by atoms with E-state index >= 15 is 0 Å². The summed E-state index contributed by atoms with van der Waals surface area (Å²) in [6.07, 6.45) is 1.84. The van der Waals surface area contributed by atoms with Crippen LogP contribution in [0.4, 0.5) is 0 Å². The normalized spacial score (nSPS) is 15.8. The van der Waals surface area contributed by atoms with Gasteiger partial charge in [-0.25, -0.2) is 0 Å². The molecule has 0 saturated carbocycles. The average molecular weight is 188 g/mol. The number of rotatable bonds is 6. The molecule has 3 N–H and O–H groups in total. The molecular formula is C9H20N2O2. The predicted octanol–water partition coefficient (Wildman–Crippen LogP) is 0.520. The summed E-state index contributed by atoms with van der Waals surface area (Å²) in [6.45, 7) is 2.69. The first-order chi connectivity index (χ1) is 5.92. The Hall–Kier alpha value is -0.610. The van der Waals surface area contributed by atoms with Gasteiger partial charge in [-0.1, -0.05) is 6.92 Å². The molecule has 0 aliphatic rings. The Balaban J connectivity index is 3.92. The molecular weight excluding hydrogens is 168 g/mol. The summed E-state index contributed by atoms with van der Waals surface area (Å²) >= 11 is 0. The molecule has 0 aromatic rings. The van der Waals surface area contributed by atoms with Crippen LogP contribution in [-0.4, -0.2) is 42.2 Å². The second-order valence-corrected chi connectivity index (χ2v) is 3.72. The van der Waals surface area contributed by atoms with Gasteiger partial charge in [0.15, 0.2) is 0 Å². The summed E-state index contributed by atoms with van der Waals surface area (Å²) < 4.78 is 0. The van der Waals surface area contributed by atoms with Crippen LogP contribution in [0.15, 0.2) is 0 Å². The van der Waals surface area contributed by atoms with E-state index in [1.807, 2.05) is 25.9 Å². The maximum absolute atomic E-state index is 10.8. The number of hydrogen-bond acceptors (Lipinski definition) is 3. The topological polar surface area (TPSA) is 66.6 Å². The molecule has 0 bridgehead atoms. The molecule has 0 radical (unpaired) electrons. The summed E-state index contributed by atoms with van der Waals surface area (Å²) in [7, 11) is 3.93. The number of nitrogens with two attached hydrogens (primary N) is 1. The van der Waals surface area contributed by atoms with Crippen LogP contribution >= 0.6 is 0 Å². The SMILES string of the molecule is CCC(N)(CCCN(C)C)C(=O)O. The van der Waals surface area contributed by atoms with Gasteiger partial charge < -0.3 is 15.7 Å². The van der Waals surface area contributed by atoms with Gasteiger partial charge in [0.05, 0.1) is 0 Å². The van der Waals surface area contributed by atoms with Crippen molar-refractivity contribution in [2.24, 2.45) is 5.73 Å². The first-order valence-corrected chi connectivity index (χ1v) is 4.59. The zero-order chi connectivity index (χ0) is 10.5. The van der Waals surface area contributed by atoms with Crippen LogP contribution in [0.2, 0.25) is 0 Å². The number of nitrogens with zero attached hydrogens (tertiary/aromatic N) is 1. The Morgan fingerprint density at radius 3 is 2.38 bits per heavy atom. The van der Waals surface area contributed by atoms with Crippen molar-refractivity contribution in [1.29, 1.82) is 0 Å². The summed E-state index contributed by atoms with van der Waals surface area (Å²) in [5.74, 6) is -0.895. The van der Waals surface area contributed by atoms with Crippen LogP contribution in [-0.2, 0) is 4.79 Å². The Morgan fingerprint density at radius 1 is 1.54 bits per heavy atom. The molecule has 0 aromatic heterocycles. The lowest BCUT2D eigenvalue weighted by molar-refractivity contribution is -0.143. The lowest BCUT2D eigenvalue weighted by atomic mass is 9.92. The fraction of sp³-hybridized carbons (Fsp3) is 0.889. The molecule has 0 aliphatic carbocycles. The van der Waals surface area contributed by atoms with Crippen LogP contribution in [0.5, 0.6) is 0 Å². The van der Waals surface area contributed by atoms with Gasteiger partial charge in [-0.3, -0.25) is 4.79 Å². The first kappa shape index (κ1) is 12.4. The number of carboxylic acids is 1. The Labute approximate surface area is 79.7 Å². The Bertz CT molecular complexity index is 171. The van der Waals surface area contributed by atoms with Gasteiger partial charge in [0.2, 0.25) is 0 Å². The molecule has 0 aromatic carbocycles. The molecule has 78 valence electrons. The van der Waals surface area contributed by atoms with Crippen LogP contribution in [0, 0.1) is 0 Å². The van der Waals surface area contributed by atoms with Gasteiger partial charge in [0.25, 0.3) is 0 Å². The van der Waals surface area contributed by atoms with Crippen molar-refractivity contribution >= 4 is 5.97 Å². The van der Waals surface area contributed by atoms with E-state index in [4.69, 9.17) is 10.8 Å². The molecule has 0 fully saturated rings. The summed E-state index contributed by atoms with van der Waals surface area (Å²) in [5.41, 5.74) is 4.68. The maximum atomic E-state index is 10.8. The standard InChI is InChI=1S/C9H20N2O2/c1-4-9(10,8(12)13)6-5-7-11(2)3/h4-7,10H2,1-3H3,(H,12,13). The number of carboxylic acid groups (broad SMARTS) is 1. The highest BCUT2D eigenvalue weighted by Crippen LogP contribution is 2.14. The van der Waals surface area contributed by atoms with E-state index < -0.39 is 11.5 Å². The van der Waals surface area contributed by atoms with E-state index in [1.54, 1.807) is 0 Å². The van der Waals surface area contributed by atoms with E-state index in [1.165, 1.54) is 0 Å². The number of hydrogen-bond donors (Lipinski definition) is 2. The van der Waals surface area contributed by atoms with Crippen LogP contribution < -0.4 is 5.73 Å². The van der Waals surface area contributed by atoms with Crippen LogP contribution in [0.3, 0.4) is 0 Å². The Morgan fingerprint density at radius 2 is 2.08 bits per heavy atom. The highest BCUT2D eigenvalue weighted by atomic mass is 16.4. The zero-order valence-corrected chi connectivity index (χ0v) is 8.71. The molecule has 0 amide bonds. The van der Waals surface area contributed by atoms with Crippen molar-refractivity contribution in [2.45, 2.75) is 31.7 Å². The lowest BCUT2D eigenvalue weighted by Gasteiger charge is -2.23. The second-order valence-electron chi connectivity index (χ2n) is 3.72. The molecule has 0 spiro atoms. The van der Waals surface area contributed by atoms with Gasteiger partial charge in [0, 0.05) is 0 Å². The smallest absolute Gasteiger partial charge is 0.323 e. The highest BCUT2D eigenvalue weighted by Gasteiger charge is 2.30. The summed E-state index contributed by atoms with van der Waals surface area (Å²) in [5, 5.41) is 8.86. The van der Waals surface area contributed by atoms with Crippen molar-refractivity contribution in [3.8, 4) is 0 Å². The van der Waals surface area contributed by atoms with Gasteiger partial charge in [-0.05, 0) is 39.9 Å². The van der Waals surface area contributed by atoms with E-state index in [-0.39, 0.29) is 0 Å². The molecule has 13 heavy (non-hydrogen) atoms. The molecule has 0 rings (SSSR count). The van der Waals surface area contributed by atoms with E-state index in [0.29, 0.717) is 12.8 Å². The predicted molar refractivity (Wildman–Crippen MR) is 52.6 cm³/mol. The summed E-state index contributed by atoms with van der Waals surface area (Å²) in [4.78, 5) is 12.8. The minimum absolute atomic E-state index is 0.482.